The van der Waals surface area contributed by atoms with E-state index in [1.807, 2.05) is 30.3 Å². The van der Waals surface area contributed by atoms with Gasteiger partial charge in [-0.3, -0.25) is 4.98 Å². The lowest BCUT2D eigenvalue weighted by atomic mass is 10.3. The molecule has 0 fully saturated rings. The van der Waals surface area contributed by atoms with Gasteiger partial charge < -0.3 is 4.74 Å². The number of benzene rings is 1. The van der Waals surface area contributed by atoms with Crippen LogP contribution in [0.5, 0.6) is 5.75 Å². The van der Waals surface area contributed by atoms with Crippen LogP contribution in [0.4, 0.5) is 0 Å². The highest BCUT2D eigenvalue weighted by Gasteiger charge is 2.04. The average molecular weight is 291 g/mol. The minimum Gasteiger partial charge on any atom is -0.485 e. The standard InChI is InChI=1S/C14H11ClN2OS/c15-7-10-5-6-11(8-16-10)18-9-14-17-12-3-1-2-4-13(12)19-14/h1-6,8H,7,9H2. The maximum Gasteiger partial charge on any atom is 0.140 e. The molecule has 0 radical (unpaired) electrons. The van der Waals surface area contributed by atoms with Crippen molar-refractivity contribution in [3.8, 4) is 5.75 Å². The van der Waals surface area contributed by atoms with Crippen molar-refractivity contribution >= 4 is 33.2 Å². The Hall–Kier alpha value is -1.65. The highest BCUT2D eigenvalue weighted by molar-refractivity contribution is 7.18. The molecule has 0 amide bonds. The third kappa shape index (κ3) is 2.85. The van der Waals surface area contributed by atoms with Crippen molar-refractivity contribution in [3.63, 3.8) is 0 Å². The van der Waals surface area contributed by atoms with Crippen molar-refractivity contribution in [2.24, 2.45) is 0 Å². The van der Waals surface area contributed by atoms with Gasteiger partial charge in [-0.05, 0) is 24.3 Å². The zero-order valence-electron chi connectivity index (χ0n) is 10.0. The smallest absolute Gasteiger partial charge is 0.140 e. The van der Waals surface area contributed by atoms with Gasteiger partial charge in [-0.2, -0.15) is 0 Å². The number of nitrogens with zero attached hydrogens (tertiary/aromatic N) is 2. The van der Waals surface area contributed by atoms with Gasteiger partial charge in [-0.1, -0.05) is 12.1 Å². The predicted octanol–water partition coefficient (Wildman–Crippen LogP) is 4.01. The Balaban J connectivity index is 1.70. The van der Waals surface area contributed by atoms with Crippen molar-refractivity contribution in [2.75, 3.05) is 0 Å². The molecule has 1 aromatic carbocycles. The van der Waals surface area contributed by atoms with E-state index in [0.29, 0.717) is 12.5 Å². The van der Waals surface area contributed by atoms with Crippen molar-refractivity contribution in [1.82, 2.24) is 9.97 Å². The van der Waals surface area contributed by atoms with Crippen LogP contribution in [0.3, 0.4) is 0 Å². The first kappa shape index (κ1) is 12.4. The van der Waals surface area contributed by atoms with Crippen LogP contribution in [-0.2, 0) is 12.5 Å². The summed E-state index contributed by atoms with van der Waals surface area (Å²) >= 11 is 7.33. The van der Waals surface area contributed by atoms with Crippen molar-refractivity contribution in [3.05, 3.63) is 53.3 Å². The second-order valence-electron chi connectivity index (χ2n) is 3.98. The third-order valence-corrected chi connectivity index (χ3v) is 3.92. The average Bonchev–Trinajstić information content (AvgIpc) is 2.88. The van der Waals surface area contributed by atoms with E-state index < -0.39 is 0 Å². The number of halogens is 1. The van der Waals surface area contributed by atoms with E-state index in [-0.39, 0.29) is 0 Å². The fraction of sp³-hybridized carbons (Fsp3) is 0.143. The van der Waals surface area contributed by atoms with Gasteiger partial charge in [0.1, 0.15) is 17.4 Å². The Kier molecular flexibility index (Phi) is 3.62. The van der Waals surface area contributed by atoms with Gasteiger partial charge in [-0.25, -0.2) is 4.98 Å². The van der Waals surface area contributed by atoms with Crippen LogP contribution < -0.4 is 4.74 Å². The van der Waals surface area contributed by atoms with E-state index in [2.05, 4.69) is 16.0 Å². The summed E-state index contributed by atoms with van der Waals surface area (Å²) in [6.45, 7) is 0.460. The first-order valence-electron chi connectivity index (χ1n) is 5.83. The minimum absolute atomic E-state index is 0.415. The summed E-state index contributed by atoms with van der Waals surface area (Å²) in [6.07, 6.45) is 1.69. The van der Waals surface area contributed by atoms with Crippen LogP contribution in [0.2, 0.25) is 0 Å². The molecule has 0 aliphatic heterocycles. The Bertz CT molecular complexity index is 648. The lowest BCUT2D eigenvalue weighted by molar-refractivity contribution is 0.304. The lowest BCUT2D eigenvalue weighted by Crippen LogP contribution is -1.95. The molecule has 0 aliphatic carbocycles. The topological polar surface area (TPSA) is 35.0 Å². The highest BCUT2D eigenvalue weighted by atomic mass is 35.5. The molecular formula is C14H11ClN2OS. The zero-order chi connectivity index (χ0) is 13.1. The number of hydrogen-bond acceptors (Lipinski definition) is 4. The molecule has 0 saturated carbocycles. The van der Waals surface area contributed by atoms with E-state index in [1.54, 1.807) is 17.5 Å². The van der Waals surface area contributed by atoms with Crippen LogP contribution in [-0.4, -0.2) is 9.97 Å². The molecule has 3 aromatic rings. The molecule has 0 spiro atoms. The number of pyridine rings is 1. The fourth-order valence-corrected chi connectivity index (χ4v) is 2.74. The largest absolute Gasteiger partial charge is 0.485 e. The molecule has 5 heteroatoms. The fourth-order valence-electron chi connectivity index (χ4n) is 1.70. The monoisotopic (exact) mass is 290 g/mol. The molecule has 3 rings (SSSR count). The number of aromatic nitrogens is 2. The molecule has 0 saturated heterocycles. The summed E-state index contributed by atoms with van der Waals surface area (Å²) in [6, 6.07) is 11.8. The maximum absolute atomic E-state index is 5.69. The molecule has 0 aliphatic rings. The van der Waals surface area contributed by atoms with Gasteiger partial charge in [0.15, 0.2) is 0 Å². The first-order valence-corrected chi connectivity index (χ1v) is 7.18. The molecule has 0 atom stereocenters. The first-order chi connectivity index (χ1) is 9.35. The molecule has 2 aromatic heterocycles. The van der Waals surface area contributed by atoms with Crippen molar-refractivity contribution < 1.29 is 4.74 Å². The predicted molar refractivity (Wildman–Crippen MR) is 77.7 cm³/mol. The third-order valence-electron chi connectivity index (χ3n) is 2.64. The normalized spacial score (nSPS) is 10.8. The van der Waals surface area contributed by atoms with E-state index in [9.17, 15) is 0 Å². The molecule has 96 valence electrons. The number of ether oxygens (including phenoxy) is 1. The Labute approximate surface area is 119 Å². The second kappa shape index (κ2) is 5.55. The summed E-state index contributed by atoms with van der Waals surface area (Å²) in [7, 11) is 0. The number of para-hydroxylation sites is 1. The quantitative estimate of drug-likeness (QED) is 0.681. The summed E-state index contributed by atoms with van der Waals surface area (Å²) in [5, 5.41) is 0.961. The molecule has 19 heavy (non-hydrogen) atoms. The number of alkyl halides is 1. The number of hydrogen-bond donors (Lipinski definition) is 0. The van der Waals surface area contributed by atoms with Crippen molar-refractivity contribution in [1.29, 1.82) is 0 Å². The van der Waals surface area contributed by atoms with E-state index in [0.717, 1.165) is 22.0 Å². The van der Waals surface area contributed by atoms with Crippen molar-refractivity contribution in [2.45, 2.75) is 12.5 Å². The Morgan fingerprint density at radius 3 is 2.79 bits per heavy atom. The van der Waals surface area contributed by atoms with Gasteiger partial charge >= 0.3 is 0 Å². The van der Waals surface area contributed by atoms with Crippen LogP contribution in [0.1, 0.15) is 10.7 Å². The molecule has 2 heterocycles. The van der Waals surface area contributed by atoms with Crippen LogP contribution >= 0.6 is 22.9 Å². The highest BCUT2D eigenvalue weighted by Crippen LogP contribution is 2.22. The van der Waals surface area contributed by atoms with Crippen LogP contribution in [0, 0.1) is 0 Å². The number of rotatable bonds is 4. The van der Waals surface area contributed by atoms with Gasteiger partial charge in [0.25, 0.3) is 0 Å². The number of fused-ring (bicyclic) bond motifs is 1. The Morgan fingerprint density at radius 1 is 1.16 bits per heavy atom. The van der Waals surface area contributed by atoms with Gasteiger partial charge in [0.05, 0.1) is 28.0 Å². The second-order valence-corrected chi connectivity index (χ2v) is 5.37. The zero-order valence-corrected chi connectivity index (χ0v) is 11.6. The molecule has 0 bridgehead atoms. The summed E-state index contributed by atoms with van der Waals surface area (Å²) in [5.41, 5.74) is 1.86. The summed E-state index contributed by atoms with van der Waals surface area (Å²) in [4.78, 5) is 8.69. The van der Waals surface area contributed by atoms with E-state index in [4.69, 9.17) is 16.3 Å². The van der Waals surface area contributed by atoms with Gasteiger partial charge in [0, 0.05) is 0 Å². The summed E-state index contributed by atoms with van der Waals surface area (Å²) < 4.78 is 6.84. The van der Waals surface area contributed by atoms with Crippen LogP contribution in [0.15, 0.2) is 42.6 Å². The molecule has 0 unspecified atom stereocenters. The van der Waals surface area contributed by atoms with E-state index in [1.165, 1.54) is 4.70 Å². The summed E-state index contributed by atoms with van der Waals surface area (Å²) in [5.74, 6) is 1.14. The van der Waals surface area contributed by atoms with Gasteiger partial charge in [-0.15, -0.1) is 22.9 Å². The minimum atomic E-state index is 0.415. The number of thiazole rings is 1. The van der Waals surface area contributed by atoms with E-state index >= 15 is 0 Å². The molecule has 0 N–H and O–H groups in total. The molecule has 3 nitrogen and oxygen atoms in total. The Morgan fingerprint density at radius 2 is 2.05 bits per heavy atom. The maximum atomic E-state index is 5.69. The van der Waals surface area contributed by atoms with Crippen LogP contribution in [0.25, 0.3) is 10.2 Å². The SMILES string of the molecule is ClCc1ccc(OCc2nc3ccccc3s2)cn1. The van der Waals surface area contributed by atoms with Gasteiger partial charge in [0.2, 0.25) is 0 Å². The lowest BCUT2D eigenvalue weighted by Gasteiger charge is -2.03. The molecular weight excluding hydrogens is 280 g/mol.